The third-order valence-corrected chi connectivity index (χ3v) is 7.02. The summed E-state index contributed by atoms with van der Waals surface area (Å²) in [5, 5.41) is 10.8. The van der Waals surface area contributed by atoms with Gasteiger partial charge in [0.25, 0.3) is 0 Å². The molecule has 1 N–H and O–H groups in total. The van der Waals surface area contributed by atoms with Gasteiger partial charge >= 0.3 is 0 Å². The van der Waals surface area contributed by atoms with Gasteiger partial charge in [-0.25, -0.2) is 0 Å². The fourth-order valence-electron chi connectivity index (χ4n) is 4.89. The zero-order valence-electron chi connectivity index (χ0n) is 16.2. The first-order chi connectivity index (χ1) is 12.9. The Kier molecular flexibility index (Phi) is 5.19. The second-order valence-electron chi connectivity index (χ2n) is 8.58. The fourth-order valence-corrected chi connectivity index (χ4v) is 5.02. The first-order valence-electron chi connectivity index (χ1n) is 9.94. The van der Waals surface area contributed by atoms with Crippen molar-refractivity contribution < 1.29 is 5.11 Å². The molecule has 1 unspecified atom stereocenters. The maximum Gasteiger partial charge on any atom is 0.115 e. The van der Waals surface area contributed by atoms with E-state index >= 15 is 0 Å². The Morgan fingerprint density at radius 3 is 2.63 bits per heavy atom. The third kappa shape index (κ3) is 3.87. The van der Waals surface area contributed by atoms with Gasteiger partial charge in [-0.15, -0.1) is 0 Å². The third-order valence-electron chi connectivity index (χ3n) is 6.77. The summed E-state index contributed by atoms with van der Waals surface area (Å²) >= 11 is 6.02. The number of aromatic hydroxyl groups is 1. The van der Waals surface area contributed by atoms with Gasteiger partial charge < -0.3 is 5.11 Å². The van der Waals surface area contributed by atoms with E-state index in [1.807, 2.05) is 24.3 Å². The number of fused-ring (bicyclic) bond motifs is 1. The number of hydrogen-bond acceptors (Lipinski definition) is 3. The van der Waals surface area contributed by atoms with Crippen molar-refractivity contribution >= 4 is 11.6 Å². The highest BCUT2D eigenvalue weighted by molar-refractivity contribution is 6.30. The largest absolute Gasteiger partial charge is 0.508 e. The maximum atomic E-state index is 9.97. The van der Waals surface area contributed by atoms with E-state index < -0.39 is 0 Å². The zero-order valence-corrected chi connectivity index (χ0v) is 17.0. The van der Waals surface area contributed by atoms with Crippen molar-refractivity contribution in [2.24, 2.45) is 5.92 Å². The molecule has 27 heavy (non-hydrogen) atoms. The Morgan fingerprint density at radius 1 is 1.11 bits per heavy atom. The van der Waals surface area contributed by atoms with E-state index in [-0.39, 0.29) is 5.41 Å². The van der Waals surface area contributed by atoms with E-state index in [9.17, 15) is 5.11 Å². The van der Waals surface area contributed by atoms with Crippen LogP contribution in [0.4, 0.5) is 0 Å². The molecule has 0 amide bonds. The second-order valence-corrected chi connectivity index (χ2v) is 9.02. The summed E-state index contributed by atoms with van der Waals surface area (Å²) in [5.74, 6) is 0.940. The van der Waals surface area contributed by atoms with Crippen molar-refractivity contribution in [1.29, 1.82) is 0 Å². The number of piperazine rings is 1. The Balaban J connectivity index is 1.49. The number of benzene rings is 2. The molecule has 144 valence electrons. The standard InChI is InChI=1S/C23H29ClN2O/c1-17-14-26-11-10-25(15-18-6-8-20(24)9-7-18)16-21(26)13-23(17,2)19-4-3-5-22(27)12-19/h3-9,12,17,21,27H,10-11,13-16H2,1-2H3/t17-,21?,23+/m0/s1. The average molecular weight is 385 g/mol. The van der Waals surface area contributed by atoms with Crippen LogP contribution in [0.2, 0.25) is 5.02 Å². The van der Waals surface area contributed by atoms with Crippen LogP contribution in [0.3, 0.4) is 0 Å². The van der Waals surface area contributed by atoms with Crippen molar-refractivity contribution in [2.45, 2.75) is 38.3 Å². The number of hydrogen-bond donors (Lipinski definition) is 1. The van der Waals surface area contributed by atoms with Crippen molar-refractivity contribution in [3.05, 3.63) is 64.7 Å². The molecule has 2 fully saturated rings. The van der Waals surface area contributed by atoms with Gasteiger partial charge in [-0.3, -0.25) is 9.80 Å². The summed E-state index contributed by atoms with van der Waals surface area (Å²) in [5.41, 5.74) is 2.70. The van der Waals surface area contributed by atoms with Crippen LogP contribution in [0, 0.1) is 5.92 Å². The molecule has 3 atom stereocenters. The summed E-state index contributed by atoms with van der Waals surface area (Å²) in [4.78, 5) is 5.25. The molecule has 3 nitrogen and oxygen atoms in total. The number of piperidine rings is 1. The van der Waals surface area contributed by atoms with Crippen molar-refractivity contribution in [1.82, 2.24) is 9.80 Å². The summed E-state index contributed by atoms with van der Waals surface area (Å²) in [6.07, 6.45) is 1.13. The maximum absolute atomic E-state index is 9.97. The number of phenols is 1. The molecule has 2 aliphatic rings. The number of nitrogens with zero attached hydrogens (tertiary/aromatic N) is 2. The van der Waals surface area contributed by atoms with E-state index in [0.29, 0.717) is 17.7 Å². The molecule has 2 heterocycles. The van der Waals surface area contributed by atoms with Gasteiger partial charge in [0.2, 0.25) is 0 Å². The zero-order chi connectivity index (χ0) is 19.0. The molecule has 2 saturated heterocycles. The highest BCUT2D eigenvalue weighted by atomic mass is 35.5. The topological polar surface area (TPSA) is 26.7 Å². The summed E-state index contributed by atoms with van der Waals surface area (Å²) in [7, 11) is 0. The quantitative estimate of drug-likeness (QED) is 0.842. The molecule has 0 spiro atoms. The van der Waals surface area contributed by atoms with Gasteiger partial charge in [-0.2, -0.15) is 0 Å². The van der Waals surface area contributed by atoms with Crippen LogP contribution in [0.1, 0.15) is 31.4 Å². The van der Waals surface area contributed by atoms with Gasteiger partial charge in [-0.05, 0) is 53.1 Å². The Morgan fingerprint density at radius 2 is 1.89 bits per heavy atom. The van der Waals surface area contributed by atoms with Crippen LogP contribution in [-0.4, -0.2) is 47.1 Å². The van der Waals surface area contributed by atoms with E-state index in [2.05, 4.69) is 41.8 Å². The lowest BCUT2D eigenvalue weighted by Crippen LogP contribution is -2.60. The van der Waals surface area contributed by atoms with Crippen LogP contribution < -0.4 is 0 Å². The van der Waals surface area contributed by atoms with Gasteiger partial charge in [-0.1, -0.05) is 49.7 Å². The molecular formula is C23H29ClN2O. The van der Waals surface area contributed by atoms with E-state index in [0.717, 1.165) is 44.2 Å². The first kappa shape index (κ1) is 18.8. The minimum atomic E-state index is 0.100. The summed E-state index contributed by atoms with van der Waals surface area (Å²) < 4.78 is 0. The normalized spacial score (nSPS) is 29.4. The molecule has 4 rings (SSSR count). The van der Waals surface area contributed by atoms with E-state index in [1.54, 1.807) is 6.07 Å². The highest BCUT2D eigenvalue weighted by Crippen LogP contribution is 2.43. The van der Waals surface area contributed by atoms with Crippen molar-refractivity contribution in [3.8, 4) is 5.75 Å². The fraction of sp³-hybridized carbons (Fsp3) is 0.478. The highest BCUT2D eigenvalue weighted by Gasteiger charge is 2.44. The van der Waals surface area contributed by atoms with Crippen molar-refractivity contribution in [2.75, 3.05) is 26.2 Å². The molecule has 2 aliphatic heterocycles. The van der Waals surface area contributed by atoms with Crippen LogP contribution in [0.15, 0.2) is 48.5 Å². The molecule has 4 heteroatoms. The lowest BCUT2D eigenvalue weighted by molar-refractivity contribution is -0.00557. The Hall–Kier alpha value is -1.55. The van der Waals surface area contributed by atoms with Gasteiger partial charge in [0, 0.05) is 43.8 Å². The van der Waals surface area contributed by atoms with Crippen molar-refractivity contribution in [3.63, 3.8) is 0 Å². The molecule has 0 aliphatic carbocycles. The Bertz CT molecular complexity index is 793. The molecule has 2 aromatic carbocycles. The smallest absolute Gasteiger partial charge is 0.115 e. The van der Waals surface area contributed by atoms with Crippen LogP contribution >= 0.6 is 11.6 Å². The molecule has 0 bridgehead atoms. The van der Waals surface area contributed by atoms with E-state index in [4.69, 9.17) is 11.6 Å². The SMILES string of the molecule is C[C@H]1CN2CCN(Cc3ccc(Cl)cc3)CC2C[C@@]1(C)c1cccc(O)c1. The summed E-state index contributed by atoms with van der Waals surface area (Å²) in [6, 6.07) is 16.7. The Labute approximate surface area is 167 Å². The lowest BCUT2D eigenvalue weighted by Gasteiger charge is -2.53. The minimum absolute atomic E-state index is 0.100. The average Bonchev–Trinajstić information content (AvgIpc) is 2.65. The second kappa shape index (κ2) is 7.46. The molecule has 0 radical (unpaired) electrons. The van der Waals surface area contributed by atoms with Crippen LogP contribution in [0.25, 0.3) is 0 Å². The first-order valence-corrected chi connectivity index (χ1v) is 10.3. The minimum Gasteiger partial charge on any atom is -0.508 e. The lowest BCUT2D eigenvalue weighted by atomic mass is 9.65. The molecule has 0 aromatic heterocycles. The van der Waals surface area contributed by atoms with Crippen LogP contribution in [-0.2, 0) is 12.0 Å². The van der Waals surface area contributed by atoms with Gasteiger partial charge in [0.15, 0.2) is 0 Å². The summed E-state index contributed by atoms with van der Waals surface area (Å²) in [6.45, 7) is 10.2. The number of halogens is 1. The van der Waals surface area contributed by atoms with E-state index in [1.165, 1.54) is 11.1 Å². The molecule has 0 saturated carbocycles. The predicted octanol–water partition coefficient (Wildman–Crippen LogP) is 4.53. The monoisotopic (exact) mass is 384 g/mol. The van der Waals surface area contributed by atoms with Crippen LogP contribution in [0.5, 0.6) is 5.75 Å². The molecular weight excluding hydrogens is 356 g/mol. The van der Waals surface area contributed by atoms with Gasteiger partial charge in [0.1, 0.15) is 5.75 Å². The predicted molar refractivity (Wildman–Crippen MR) is 111 cm³/mol. The molecule has 2 aromatic rings. The number of rotatable bonds is 3. The van der Waals surface area contributed by atoms with Gasteiger partial charge in [0.05, 0.1) is 0 Å². The number of phenolic OH excluding ortho intramolecular Hbond substituents is 1.